The minimum Gasteiger partial charge on any atom is -0.497 e. The van der Waals surface area contributed by atoms with Crippen LogP contribution >= 0.6 is 0 Å². The zero-order valence-corrected chi connectivity index (χ0v) is 19.0. The zero-order valence-electron chi connectivity index (χ0n) is 19.0. The average molecular weight is 413 g/mol. The van der Waals surface area contributed by atoms with Crippen molar-refractivity contribution in [3.05, 3.63) is 47.8 Å². The maximum absolute atomic E-state index is 5.46. The molecule has 1 aromatic carbocycles. The van der Waals surface area contributed by atoms with Crippen LogP contribution in [0.4, 0.5) is 0 Å². The lowest BCUT2D eigenvalue weighted by Gasteiger charge is -2.32. The Hall–Kier alpha value is -2.54. The standard InChI is InChI=1S/C23H36N6O/c1-6-28(7-2)22(18-9-8-10-21(13-18)30-5)15-25-23(24-3)29-12-11-19(17-29)20-14-26-27(4)16-20/h8-10,13-14,16,19,22H,6-7,11-12,15,17H2,1-5H3,(H,24,25). The topological polar surface area (TPSA) is 57.9 Å². The molecule has 3 rings (SSSR count). The van der Waals surface area contributed by atoms with Gasteiger partial charge in [-0.1, -0.05) is 26.0 Å². The summed E-state index contributed by atoms with van der Waals surface area (Å²) < 4.78 is 7.34. The lowest BCUT2D eigenvalue weighted by atomic mass is 10.0. The van der Waals surface area contributed by atoms with Crippen molar-refractivity contribution in [1.82, 2.24) is 24.9 Å². The van der Waals surface area contributed by atoms with Gasteiger partial charge in [-0.05, 0) is 42.8 Å². The molecule has 1 saturated heterocycles. The van der Waals surface area contributed by atoms with Gasteiger partial charge in [-0.25, -0.2) is 0 Å². The molecule has 1 aliphatic heterocycles. The molecule has 2 unspecified atom stereocenters. The smallest absolute Gasteiger partial charge is 0.193 e. The number of guanidine groups is 1. The average Bonchev–Trinajstić information content (AvgIpc) is 3.43. The third kappa shape index (κ3) is 5.14. The molecule has 2 aromatic rings. The number of benzene rings is 1. The number of nitrogens with one attached hydrogen (secondary N) is 1. The van der Waals surface area contributed by atoms with Crippen LogP contribution in [0.1, 0.15) is 43.4 Å². The number of aryl methyl sites for hydroxylation is 1. The molecule has 2 heterocycles. The number of rotatable bonds is 8. The van der Waals surface area contributed by atoms with Crippen LogP contribution in [0.25, 0.3) is 0 Å². The molecule has 0 amide bonds. The van der Waals surface area contributed by atoms with Crippen molar-refractivity contribution < 1.29 is 4.74 Å². The van der Waals surface area contributed by atoms with Gasteiger partial charge in [0.15, 0.2) is 5.96 Å². The van der Waals surface area contributed by atoms with Gasteiger partial charge >= 0.3 is 0 Å². The summed E-state index contributed by atoms with van der Waals surface area (Å²) in [6, 6.07) is 8.64. The number of hydrogen-bond acceptors (Lipinski definition) is 4. The van der Waals surface area contributed by atoms with Gasteiger partial charge in [-0.2, -0.15) is 5.10 Å². The number of nitrogens with zero attached hydrogens (tertiary/aromatic N) is 5. The minimum absolute atomic E-state index is 0.253. The van der Waals surface area contributed by atoms with Gasteiger partial charge in [-0.3, -0.25) is 14.6 Å². The second-order valence-corrected chi connectivity index (χ2v) is 7.82. The van der Waals surface area contributed by atoms with Crippen LogP contribution in [0, 0.1) is 0 Å². The van der Waals surface area contributed by atoms with E-state index >= 15 is 0 Å². The quantitative estimate of drug-likeness (QED) is 0.534. The van der Waals surface area contributed by atoms with E-state index in [1.54, 1.807) is 7.11 Å². The van der Waals surface area contributed by atoms with Crippen LogP contribution < -0.4 is 10.1 Å². The molecule has 7 heteroatoms. The lowest BCUT2D eigenvalue weighted by Crippen LogP contribution is -2.44. The number of hydrogen-bond donors (Lipinski definition) is 1. The van der Waals surface area contributed by atoms with E-state index in [1.165, 1.54) is 11.1 Å². The lowest BCUT2D eigenvalue weighted by molar-refractivity contribution is 0.217. The first-order valence-electron chi connectivity index (χ1n) is 10.9. The summed E-state index contributed by atoms with van der Waals surface area (Å²) in [5.41, 5.74) is 2.57. The summed E-state index contributed by atoms with van der Waals surface area (Å²) in [7, 11) is 5.57. The van der Waals surface area contributed by atoms with Crippen LogP contribution in [-0.2, 0) is 7.05 Å². The third-order valence-electron chi connectivity index (χ3n) is 6.08. The number of methoxy groups -OCH3 is 1. The van der Waals surface area contributed by atoms with Crippen molar-refractivity contribution in [1.29, 1.82) is 0 Å². The molecule has 2 atom stereocenters. The number of aliphatic imine (C=N–C) groups is 1. The van der Waals surface area contributed by atoms with Crippen molar-refractivity contribution in [2.75, 3.05) is 46.9 Å². The molecule has 1 aliphatic rings. The Labute approximate surface area is 180 Å². The SMILES string of the molecule is CCN(CC)C(CNC(=NC)N1CCC(c2cnn(C)c2)C1)c1cccc(OC)c1. The number of aromatic nitrogens is 2. The van der Waals surface area contributed by atoms with Crippen molar-refractivity contribution in [2.24, 2.45) is 12.0 Å². The maximum Gasteiger partial charge on any atom is 0.193 e. The second kappa shape index (κ2) is 10.5. The first-order chi connectivity index (χ1) is 14.6. The summed E-state index contributed by atoms with van der Waals surface area (Å²) in [5, 5.41) is 7.98. The molecule has 7 nitrogen and oxygen atoms in total. The predicted octanol–water partition coefficient (Wildman–Crippen LogP) is 2.88. The fraction of sp³-hybridized carbons (Fsp3) is 0.565. The van der Waals surface area contributed by atoms with Gasteiger partial charge in [0.05, 0.1) is 19.3 Å². The van der Waals surface area contributed by atoms with Gasteiger partial charge in [0, 0.05) is 45.8 Å². The maximum atomic E-state index is 5.46. The highest BCUT2D eigenvalue weighted by atomic mass is 16.5. The highest BCUT2D eigenvalue weighted by Crippen LogP contribution is 2.27. The van der Waals surface area contributed by atoms with Gasteiger partial charge in [0.1, 0.15) is 5.75 Å². The highest BCUT2D eigenvalue weighted by molar-refractivity contribution is 5.80. The van der Waals surface area contributed by atoms with E-state index < -0.39 is 0 Å². The summed E-state index contributed by atoms with van der Waals surface area (Å²) in [4.78, 5) is 9.41. The van der Waals surface area contributed by atoms with E-state index in [-0.39, 0.29) is 6.04 Å². The molecule has 1 aromatic heterocycles. The molecule has 1 fully saturated rings. The molecule has 1 N–H and O–H groups in total. The van der Waals surface area contributed by atoms with Crippen molar-refractivity contribution in [3.8, 4) is 5.75 Å². The van der Waals surface area contributed by atoms with E-state index in [1.807, 2.05) is 31.0 Å². The van der Waals surface area contributed by atoms with E-state index in [0.29, 0.717) is 5.92 Å². The fourth-order valence-corrected chi connectivity index (χ4v) is 4.37. The molecule has 0 radical (unpaired) electrons. The second-order valence-electron chi connectivity index (χ2n) is 7.82. The zero-order chi connectivity index (χ0) is 21.5. The van der Waals surface area contributed by atoms with E-state index in [2.05, 4.69) is 63.5 Å². The fourth-order valence-electron chi connectivity index (χ4n) is 4.37. The van der Waals surface area contributed by atoms with Crippen LogP contribution in [0.5, 0.6) is 5.75 Å². The highest BCUT2D eigenvalue weighted by Gasteiger charge is 2.28. The molecule has 30 heavy (non-hydrogen) atoms. The third-order valence-corrected chi connectivity index (χ3v) is 6.08. The first-order valence-corrected chi connectivity index (χ1v) is 10.9. The van der Waals surface area contributed by atoms with Crippen molar-refractivity contribution in [2.45, 2.75) is 32.2 Å². The summed E-state index contributed by atoms with van der Waals surface area (Å²) in [6.45, 7) is 9.19. The van der Waals surface area contributed by atoms with Gasteiger partial charge < -0.3 is 15.0 Å². The summed E-state index contributed by atoms with van der Waals surface area (Å²) in [6.07, 6.45) is 5.24. The molecule has 164 valence electrons. The van der Waals surface area contributed by atoms with E-state index in [9.17, 15) is 0 Å². The summed E-state index contributed by atoms with van der Waals surface area (Å²) >= 11 is 0. The Morgan fingerprint density at radius 2 is 2.17 bits per heavy atom. The van der Waals surface area contributed by atoms with Crippen LogP contribution in [-0.4, -0.2) is 72.4 Å². The molecule has 0 aliphatic carbocycles. The van der Waals surface area contributed by atoms with Crippen molar-refractivity contribution in [3.63, 3.8) is 0 Å². The Kier molecular flexibility index (Phi) is 7.74. The first kappa shape index (κ1) is 22.2. The van der Waals surface area contributed by atoms with Crippen LogP contribution in [0.15, 0.2) is 41.7 Å². The largest absolute Gasteiger partial charge is 0.497 e. The van der Waals surface area contributed by atoms with Crippen LogP contribution in [0.2, 0.25) is 0 Å². The predicted molar refractivity (Wildman–Crippen MR) is 122 cm³/mol. The molecular formula is C23H36N6O. The number of likely N-dealkylation sites (N-methyl/N-ethyl adjacent to an activating group) is 1. The van der Waals surface area contributed by atoms with Gasteiger partial charge in [0.2, 0.25) is 0 Å². The Bertz CT molecular complexity index is 829. The van der Waals surface area contributed by atoms with Crippen molar-refractivity contribution >= 4 is 5.96 Å². The normalized spacial score (nSPS) is 18.1. The Morgan fingerprint density at radius 3 is 2.80 bits per heavy atom. The van der Waals surface area contributed by atoms with Crippen LogP contribution in [0.3, 0.4) is 0 Å². The molecular weight excluding hydrogens is 376 g/mol. The Morgan fingerprint density at radius 1 is 1.37 bits per heavy atom. The van der Waals surface area contributed by atoms with Gasteiger partial charge in [0.25, 0.3) is 0 Å². The molecule has 0 saturated carbocycles. The summed E-state index contributed by atoms with van der Waals surface area (Å²) in [5.74, 6) is 2.38. The van der Waals surface area contributed by atoms with E-state index in [4.69, 9.17) is 4.74 Å². The van der Waals surface area contributed by atoms with E-state index in [0.717, 1.165) is 50.9 Å². The number of ether oxygens (including phenoxy) is 1. The molecule has 0 bridgehead atoms. The van der Waals surface area contributed by atoms with Gasteiger partial charge in [-0.15, -0.1) is 0 Å². The monoisotopic (exact) mass is 412 g/mol. The molecule has 0 spiro atoms. The Balaban J connectivity index is 1.68. The minimum atomic E-state index is 0.253. The number of likely N-dealkylation sites (tertiary alicyclic amines) is 1.